The molecular formula is C23H27B2FN2O. The maximum atomic E-state index is 13.7. The van der Waals surface area contributed by atoms with Crippen LogP contribution in [0, 0.1) is 25.1 Å². The average Bonchev–Trinajstić information content (AvgIpc) is 2.56. The third-order valence-corrected chi connectivity index (χ3v) is 5.22. The predicted molar refractivity (Wildman–Crippen MR) is 119 cm³/mol. The van der Waals surface area contributed by atoms with Gasteiger partial charge in [-0.15, -0.1) is 0 Å². The Morgan fingerprint density at radius 1 is 1.17 bits per heavy atom. The van der Waals surface area contributed by atoms with Crippen molar-refractivity contribution in [1.82, 2.24) is 0 Å². The van der Waals surface area contributed by atoms with Crippen molar-refractivity contribution in [2.24, 2.45) is 5.41 Å². The van der Waals surface area contributed by atoms with E-state index in [1.54, 1.807) is 6.07 Å². The van der Waals surface area contributed by atoms with E-state index in [1.807, 2.05) is 46.8 Å². The van der Waals surface area contributed by atoms with Crippen molar-refractivity contribution in [3.8, 4) is 0 Å². The number of halogens is 1. The number of nitrogens with one attached hydrogen (secondary N) is 1. The predicted octanol–water partition coefficient (Wildman–Crippen LogP) is 4.33. The Hall–Kier alpha value is -2.23. The Morgan fingerprint density at radius 2 is 1.79 bits per heavy atom. The third kappa shape index (κ3) is 4.85. The fourth-order valence-corrected chi connectivity index (χ4v) is 3.95. The van der Waals surface area contributed by atoms with Gasteiger partial charge in [-0.1, -0.05) is 32.1 Å². The molecule has 0 bridgehead atoms. The highest BCUT2D eigenvalue weighted by Crippen LogP contribution is 2.35. The molecule has 0 unspecified atom stereocenters. The van der Waals surface area contributed by atoms with Gasteiger partial charge in [0.1, 0.15) is 5.82 Å². The van der Waals surface area contributed by atoms with Crippen molar-refractivity contribution >= 4 is 33.0 Å². The number of fused-ring (bicyclic) bond motifs is 1. The first kappa shape index (κ1) is 21.5. The van der Waals surface area contributed by atoms with E-state index in [4.69, 9.17) is 15.7 Å². The highest BCUT2D eigenvalue weighted by atomic mass is 19.1. The quantitative estimate of drug-likeness (QED) is 0.795. The minimum absolute atomic E-state index is 0.00769. The highest BCUT2D eigenvalue weighted by molar-refractivity contribution is 6.40. The molecule has 0 aromatic heterocycles. The number of benzene rings is 2. The maximum absolute atomic E-state index is 13.7. The molecule has 1 aliphatic heterocycles. The zero-order valence-electron chi connectivity index (χ0n) is 17.9. The number of amides is 1. The zero-order chi connectivity index (χ0) is 21.6. The van der Waals surface area contributed by atoms with E-state index in [1.165, 1.54) is 12.1 Å². The van der Waals surface area contributed by atoms with Gasteiger partial charge in [-0.2, -0.15) is 0 Å². The minimum atomic E-state index is -1.14. The van der Waals surface area contributed by atoms with Crippen LogP contribution >= 0.6 is 0 Å². The van der Waals surface area contributed by atoms with Crippen LogP contribution in [-0.2, 0) is 16.6 Å². The lowest BCUT2D eigenvalue weighted by Gasteiger charge is -2.42. The van der Waals surface area contributed by atoms with Crippen LogP contribution in [-0.4, -0.2) is 28.1 Å². The molecular weight excluding hydrogens is 361 g/mol. The fourth-order valence-electron chi connectivity index (χ4n) is 3.95. The summed E-state index contributed by atoms with van der Waals surface area (Å²) in [5, 5.41) is 1.91. The highest BCUT2D eigenvalue weighted by Gasteiger charge is 2.31. The standard InChI is InChI=1S/C23H27B2FN2O/c1-14-8-18(9-15(2)21(14)27-20(29)11-22(3,4)5)28-12-16-6-7-17(26)10-19(16)23(24,25)13-28/h6-10H,11-13H2,1-5H3,(H,27,29). The van der Waals surface area contributed by atoms with Crippen LogP contribution in [0.4, 0.5) is 15.8 Å². The summed E-state index contributed by atoms with van der Waals surface area (Å²) in [6, 6.07) is 8.67. The Kier molecular flexibility index (Phi) is 5.59. The molecule has 2 aromatic rings. The van der Waals surface area contributed by atoms with Crippen LogP contribution < -0.4 is 10.2 Å². The molecule has 0 fully saturated rings. The molecule has 1 heterocycles. The van der Waals surface area contributed by atoms with E-state index in [9.17, 15) is 9.18 Å². The molecule has 1 aliphatic rings. The van der Waals surface area contributed by atoms with Gasteiger partial charge in [-0.25, -0.2) is 4.39 Å². The van der Waals surface area contributed by atoms with Gasteiger partial charge in [0.25, 0.3) is 0 Å². The molecule has 3 rings (SSSR count). The summed E-state index contributed by atoms with van der Waals surface area (Å²) in [4.78, 5) is 14.5. The number of hydrogen-bond acceptors (Lipinski definition) is 2. The topological polar surface area (TPSA) is 32.3 Å². The van der Waals surface area contributed by atoms with Gasteiger partial charge < -0.3 is 10.2 Å². The average molecular weight is 388 g/mol. The summed E-state index contributed by atoms with van der Waals surface area (Å²) in [5.74, 6) is -0.326. The molecule has 1 N–H and O–H groups in total. The summed E-state index contributed by atoms with van der Waals surface area (Å²) < 4.78 is 13.7. The second-order valence-electron chi connectivity index (χ2n) is 9.44. The lowest BCUT2D eigenvalue weighted by Crippen LogP contribution is -2.47. The SMILES string of the molecule is [B]C1([B])CN(c2cc(C)c(NC(=O)CC(C)(C)C)c(C)c2)Cc2ccc(F)cc21. The van der Waals surface area contributed by atoms with E-state index >= 15 is 0 Å². The first-order valence-electron chi connectivity index (χ1n) is 9.88. The third-order valence-electron chi connectivity index (χ3n) is 5.22. The first-order chi connectivity index (χ1) is 13.4. The number of rotatable bonds is 3. The van der Waals surface area contributed by atoms with E-state index in [-0.39, 0.29) is 17.1 Å². The van der Waals surface area contributed by atoms with Crippen molar-refractivity contribution < 1.29 is 9.18 Å². The number of hydrogen-bond donors (Lipinski definition) is 1. The molecule has 0 saturated carbocycles. The molecule has 6 heteroatoms. The summed E-state index contributed by atoms with van der Waals surface area (Å²) in [6.45, 7) is 11.1. The van der Waals surface area contributed by atoms with Crippen molar-refractivity contribution in [2.45, 2.75) is 52.8 Å². The minimum Gasteiger partial charge on any atom is -0.368 e. The lowest BCUT2D eigenvalue weighted by molar-refractivity contribution is -0.117. The smallest absolute Gasteiger partial charge is 0.224 e. The number of anilines is 2. The Bertz CT molecular complexity index is 927. The normalized spacial score (nSPS) is 15.7. The van der Waals surface area contributed by atoms with Gasteiger partial charge in [0, 0.05) is 30.9 Å². The molecule has 29 heavy (non-hydrogen) atoms. The summed E-state index contributed by atoms with van der Waals surface area (Å²) in [7, 11) is 12.7. The largest absolute Gasteiger partial charge is 0.368 e. The van der Waals surface area contributed by atoms with Gasteiger partial charge >= 0.3 is 0 Å². The molecule has 0 saturated heterocycles. The fraction of sp³-hybridized carbons (Fsp3) is 0.435. The number of aryl methyl sites for hydroxylation is 2. The van der Waals surface area contributed by atoms with Crippen LogP contribution in [0.3, 0.4) is 0 Å². The number of carbonyl (C=O) groups is 1. The molecule has 148 valence electrons. The second-order valence-corrected chi connectivity index (χ2v) is 9.44. The van der Waals surface area contributed by atoms with E-state index in [2.05, 4.69) is 10.2 Å². The molecule has 0 atom stereocenters. The number of nitrogens with zero attached hydrogens (tertiary/aromatic N) is 1. The molecule has 2 aromatic carbocycles. The van der Waals surface area contributed by atoms with Crippen LogP contribution in [0.5, 0.6) is 0 Å². The van der Waals surface area contributed by atoms with Crippen LogP contribution in [0.2, 0.25) is 0 Å². The van der Waals surface area contributed by atoms with Gasteiger partial charge in [0.05, 0.1) is 15.7 Å². The van der Waals surface area contributed by atoms with Gasteiger partial charge in [0.2, 0.25) is 5.91 Å². The van der Waals surface area contributed by atoms with Crippen LogP contribution in [0.25, 0.3) is 0 Å². The summed E-state index contributed by atoms with van der Waals surface area (Å²) in [6.07, 6.45) is 0.454. The van der Waals surface area contributed by atoms with Gasteiger partial charge in [-0.05, 0) is 65.8 Å². The molecule has 4 radical (unpaired) electrons. The Labute approximate surface area is 175 Å². The van der Waals surface area contributed by atoms with Crippen molar-refractivity contribution in [3.63, 3.8) is 0 Å². The second kappa shape index (κ2) is 7.55. The summed E-state index contributed by atoms with van der Waals surface area (Å²) in [5.41, 5.74) is 5.27. The molecule has 0 spiro atoms. The van der Waals surface area contributed by atoms with Gasteiger partial charge in [-0.3, -0.25) is 4.79 Å². The Balaban J connectivity index is 1.87. The molecule has 0 aliphatic carbocycles. The lowest BCUT2D eigenvalue weighted by atomic mass is 9.49. The van der Waals surface area contributed by atoms with Crippen molar-refractivity contribution in [3.05, 3.63) is 58.4 Å². The zero-order valence-corrected chi connectivity index (χ0v) is 17.9. The first-order valence-corrected chi connectivity index (χ1v) is 9.88. The maximum Gasteiger partial charge on any atom is 0.224 e. The van der Waals surface area contributed by atoms with E-state index in [0.29, 0.717) is 25.1 Å². The van der Waals surface area contributed by atoms with Gasteiger partial charge in [0.15, 0.2) is 0 Å². The van der Waals surface area contributed by atoms with Crippen LogP contribution in [0.1, 0.15) is 49.4 Å². The number of carbonyl (C=O) groups excluding carboxylic acids is 1. The Morgan fingerprint density at radius 3 is 2.38 bits per heavy atom. The summed E-state index contributed by atoms with van der Waals surface area (Å²) >= 11 is 0. The monoisotopic (exact) mass is 388 g/mol. The van der Waals surface area contributed by atoms with E-state index < -0.39 is 5.21 Å². The van der Waals surface area contributed by atoms with E-state index in [0.717, 1.165) is 28.1 Å². The van der Waals surface area contributed by atoms with Crippen LogP contribution in [0.15, 0.2) is 30.3 Å². The molecule has 1 amide bonds. The van der Waals surface area contributed by atoms with Crippen molar-refractivity contribution in [1.29, 1.82) is 0 Å². The van der Waals surface area contributed by atoms with Crippen molar-refractivity contribution in [2.75, 3.05) is 16.8 Å². The molecule has 3 nitrogen and oxygen atoms in total.